The van der Waals surface area contributed by atoms with E-state index in [9.17, 15) is 14.4 Å². The first-order chi connectivity index (χ1) is 15.4. The summed E-state index contributed by atoms with van der Waals surface area (Å²) < 4.78 is 6.87. The molecule has 1 radical (unpaired) electrons. The van der Waals surface area contributed by atoms with Gasteiger partial charge in [0.05, 0.1) is 0 Å². The van der Waals surface area contributed by atoms with Gasteiger partial charge in [0.25, 0.3) is 11.8 Å². The van der Waals surface area contributed by atoms with E-state index in [2.05, 4.69) is 38.5 Å². The van der Waals surface area contributed by atoms with Crippen LogP contribution < -0.4 is 26.2 Å². The molecule has 3 aromatic rings. The van der Waals surface area contributed by atoms with Gasteiger partial charge in [-0.05, 0) is 76.7 Å². The van der Waals surface area contributed by atoms with Crippen molar-refractivity contribution in [1.29, 1.82) is 0 Å². The third-order valence-electron chi connectivity index (χ3n) is 5.05. The smallest absolute Gasteiger partial charge is 0.328 e. The van der Waals surface area contributed by atoms with E-state index in [-0.39, 0.29) is 0 Å². The number of halogens is 1. The molecule has 4 rings (SSSR count). The summed E-state index contributed by atoms with van der Waals surface area (Å²) in [6.45, 7) is 1.96. The number of carbonyl (C=O) groups excluding carboxylic acids is 3. The maximum Gasteiger partial charge on any atom is 0.328 e. The molecule has 0 aliphatic carbocycles. The fourth-order valence-corrected chi connectivity index (χ4v) is 3.72. The Morgan fingerprint density at radius 3 is 1.88 bits per heavy atom. The predicted octanol–water partition coefficient (Wildman–Crippen LogP) is 3.13. The van der Waals surface area contributed by atoms with Crippen LogP contribution in [0.2, 0.25) is 6.82 Å². The number of hydrogen-bond acceptors (Lipinski definition) is 5. The van der Waals surface area contributed by atoms with Crippen molar-refractivity contribution in [3.8, 4) is 11.5 Å². The van der Waals surface area contributed by atoms with E-state index in [1.807, 2.05) is 50.5 Å². The predicted molar refractivity (Wildman–Crippen MR) is 130 cm³/mol. The number of nitrogens with one attached hydrogen (secondary N) is 3. The first-order valence-corrected chi connectivity index (χ1v) is 10.9. The Kier molecular flexibility index (Phi) is 6.18. The topological polar surface area (TPSA) is 96.5 Å². The molecule has 0 atom stereocenters. The van der Waals surface area contributed by atoms with Crippen molar-refractivity contribution < 1.29 is 19.1 Å². The van der Waals surface area contributed by atoms with E-state index in [0.717, 1.165) is 9.03 Å². The SMILES string of the molecule is C[B]c1ccc(Oc2ccc(C3(Nc4ccc(I)cc4)C(=O)NC(=O)NC3=O)cc2)cc1. The van der Waals surface area contributed by atoms with Crippen LogP contribution in [-0.2, 0) is 15.1 Å². The number of urea groups is 1. The van der Waals surface area contributed by atoms with Crippen LogP contribution in [0, 0.1) is 3.57 Å². The number of imide groups is 2. The van der Waals surface area contributed by atoms with Crippen LogP contribution >= 0.6 is 22.6 Å². The van der Waals surface area contributed by atoms with Crippen molar-refractivity contribution in [2.24, 2.45) is 0 Å². The molecule has 9 heteroatoms. The Balaban J connectivity index is 1.66. The number of barbiturate groups is 1. The van der Waals surface area contributed by atoms with Gasteiger partial charge < -0.3 is 10.1 Å². The Hall–Kier alpha value is -3.34. The third kappa shape index (κ3) is 4.33. The lowest BCUT2D eigenvalue weighted by Crippen LogP contribution is -2.67. The molecule has 0 unspecified atom stereocenters. The molecule has 0 saturated carbocycles. The molecule has 1 saturated heterocycles. The number of ether oxygens (including phenoxy) is 1. The zero-order valence-electron chi connectivity index (χ0n) is 17.0. The van der Waals surface area contributed by atoms with E-state index in [1.165, 1.54) is 0 Å². The quantitative estimate of drug-likeness (QED) is 0.255. The highest BCUT2D eigenvalue weighted by atomic mass is 127. The number of amides is 4. The van der Waals surface area contributed by atoms with Crippen molar-refractivity contribution in [2.45, 2.75) is 12.4 Å². The molecule has 159 valence electrons. The summed E-state index contributed by atoms with van der Waals surface area (Å²) in [6.07, 6.45) is 0. The summed E-state index contributed by atoms with van der Waals surface area (Å²) in [5, 5.41) is 7.39. The molecule has 0 aromatic heterocycles. The fourth-order valence-electron chi connectivity index (χ4n) is 3.36. The Bertz CT molecular complexity index is 1150. The van der Waals surface area contributed by atoms with E-state index in [4.69, 9.17) is 4.74 Å². The highest BCUT2D eigenvalue weighted by Crippen LogP contribution is 2.31. The first-order valence-electron chi connectivity index (χ1n) is 9.79. The highest BCUT2D eigenvalue weighted by molar-refractivity contribution is 14.1. The molecular formula is C23H18BIN3O4. The Morgan fingerprint density at radius 2 is 1.34 bits per heavy atom. The molecule has 7 nitrogen and oxygen atoms in total. The summed E-state index contributed by atoms with van der Waals surface area (Å²) in [6, 6.07) is 20.5. The molecule has 1 fully saturated rings. The van der Waals surface area contributed by atoms with Gasteiger partial charge in [-0.15, -0.1) is 0 Å². The lowest BCUT2D eigenvalue weighted by Gasteiger charge is -2.35. The minimum atomic E-state index is -1.82. The number of hydrogen-bond donors (Lipinski definition) is 3. The molecule has 1 aliphatic heterocycles. The zero-order valence-corrected chi connectivity index (χ0v) is 19.2. The lowest BCUT2D eigenvalue weighted by molar-refractivity contribution is -0.137. The average Bonchev–Trinajstić information content (AvgIpc) is 2.79. The van der Waals surface area contributed by atoms with Crippen molar-refractivity contribution in [3.05, 3.63) is 81.9 Å². The van der Waals surface area contributed by atoms with E-state index in [1.54, 1.807) is 36.4 Å². The summed E-state index contributed by atoms with van der Waals surface area (Å²) in [5.74, 6) is -0.317. The lowest BCUT2D eigenvalue weighted by atomic mass is 9.73. The van der Waals surface area contributed by atoms with Crippen LogP contribution in [0.15, 0.2) is 72.8 Å². The molecule has 32 heavy (non-hydrogen) atoms. The van der Waals surface area contributed by atoms with Crippen molar-refractivity contribution in [2.75, 3.05) is 5.32 Å². The van der Waals surface area contributed by atoms with Crippen LogP contribution in [0.25, 0.3) is 0 Å². The number of benzene rings is 3. The number of carbonyl (C=O) groups is 3. The van der Waals surface area contributed by atoms with Crippen molar-refractivity contribution in [3.63, 3.8) is 0 Å². The monoisotopic (exact) mass is 538 g/mol. The summed E-state index contributed by atoms with van der Waals surface area (Å²) in [4.78, 5) is 37.6. The van der Waals surface area contributed by atoms with Crippen LogP contribution in [-0.4, -0.2) is 25.1 Å². The van der Waals surface area contributed by atoms with E-state index < -0.39 is 23.4 Å². The van der Waals surface area contributed by atoms with Gasteiger partial charge in [-0.25, -0.2) is 4.79 Å². The zero-order chi connectivity index (χ0) is 22.7. The summed E-state index contributed by atoms with van der Waals surface area (Å²) >= 11 is 2.16. The van der Waals surface area contributed by atoms with Crippen LogP contribution in [0.5, 0.6) is 11.5 Å². The molecular weight excluding hydrogens is 520 g/mol. The number of anilines is 1. The Labute approximate surface area is 199 Å². The largest absolute Gasteiger partial charge is 0.457 e. The average molecular weight is 538 g/mol. The Morgan fingerprint density at radius 1 is 0.812 bits per heavy atom. The fraction of sp³-hybridized carbons (Fsp3) is 0.0870. The van der Waals surface area contributed by atoms with Gasteiger partial charge in [-0.2, -0.15) is 0 Å². The van der Waals surface area contributed by atoms with E-state index in [0.29, 0.717) is 22.7 Å². The second kappa shape index (κ2) is 9.03. The van der Waals surface area contributed by atoms with Gasteiger partial charge in [0.1, 0.15) is 18.8 Å². The minimum absolute atomic E-state index is 0.363. The second-order valence-corrected chi connectivity index (χ2v) is 8.35. The van der Waals surface area contributed by atoms with Gasteiger partial charge >= 0.3 is 6.03 Å². The molecule has 3 aromatic carbocycles. The molecule has 4 amide bonds. The van der Waals surface area contributed by atoms with Gasteiger partial charge in [0.15, 0.2) is 0 Å². The number of rotatable bonds is 6. The molecule has 3 N–H and O–H groups in total. The van der Waals surface area contributed by atoms with Crippen LogP contribution in [0.4, 0.5) is 10.5 Å². The van der Waals surface area contributed by atoms with Gasteiger partial charge in [0.2, 0.25) is 5.54 Å². The van der Waals surface area contributed by atoms with Gasteiger partial charge in [-0.1, -0.05) is 36.6 Å². The normalized spacial score (nSPS) is 14.9. The first kappa shape index (κ1) is 21.9. The maximum absolute atomic E-state index is 13.0. The third-order valence-corrected chi connectivity index (χ3v) is 5.77. The van der Waals surface area contributed by atoms with Crippen LogP contribution in [0.3, 0.4) is 0 Å². The van der Waals surface area contributed by atoms with Crippen molar-refractivity contribution in [1.82, 2.24) is 10.6 Å². The maximum atomic E-state index is 13.0. The molecule has 0 spiro atoms. The van der Waals surface area contributed by atoms with Gasteiger partial charge in [0, 0.05) is 9.26 Å². The van der Waals surface area contributed by atoms with Crippen molar-refractivity contribution >= 4 is 58.9 Å². The standard InChI is InChI=1S/C23H18BIN3O4/c1-24-15-4-12-19(13-5-15)32-18-10-2-14(3-11-18)23(20(29)26-22(31)27-21(23)30)28-17-8-6-16(25)7-9-17/h2-13,28H,1H3,(H2,26,27,29,30,31). The summed E-state index contributed by atoms with van der Waals surface area (Å²) in [7, 11) is 1.99. The molecule has 1 aliphatic rings. The second-order valence-electron chi connectivity index (χ2n) is 7.10. The molecule has 1 heterocycles. The minimum Gasteiger partial charge on any atom is -0.457 e. The summed E-state index contributed by atoms with van der Waals surface area (Å²) in [5.41, 5.74) is 0.179. The molecule has 0 bridgehead atoms. The highest BCUT2D eigenvalue weighted by Gasteiger charge is 2.52. The van der Waals surface area contributed by atoms with Crippen LogP contribution in [0.1, 0.15) is 5.56 Å². The van der Waals surface area contributed by atoms with E-state index >= 15 is 0 Å². The van der Waals surface area contributed by atoms with Gasteiger partial charge in [-0.3, -0.25) is 20.2 Å².